The van der Waals surface area contributed by atoms with Gasteiger partial charge in [-0.05, 0) is 6.92 Å². The highest BCUT2D eigenvalue weighted by Crippen LogP contribution is 2.17. The predicted molar refractivity (Wildman–Crippen MR) is 56.3 cm³/mol. The second-order valence-electron chi connectivity index (χ2n) is 3.12. The molecule has 14 heavy (non-hydrogen) atoms. The topological polar surface area (TPSA) is 64.3 Å². The molecule has 5 nitrogen and oxygen atoms in total. The number of hydrogen-bond donors (Lipinski definition) is 1. The van der Waals surface area contributed by atoms with Crippen molar-refractivity contribution in [2.75, 3.05) is 37.9 Å². The summed E-state index contributed by atoms with van der Waals surface area (Å²) in [6.45, 7) is 3.36. The van der Waals surface area contributed by atoms with Gasteiger partial charge in [-0.1, -0.05) is 0 Å². The molecule has 0 unspecified atom stereocenters. The van der Waals surface area contributed by atoms with Crippen LogP contribution in [0.1, 0.15) is 5.56 Å². The minimum absolute atomic E-state index is 0.527. The quantitative estimate of drug-likeness (QED) is 0.757. The summed E-state index contributed by atoms with van der Waals surface area (Å²) in [6, 6.07) is 0. The lowest BCUT2D eigenvalue weighted by Gasteiger charge is -2.19. The highest BCUT2D eigenvalue weighted by atomic mass is 16.5. The molecule has 0 saturated carbocycles. The van der Waals surface area contributed by atoms with E-state index in [9.17, 15) is 0 Å². The summed E-state index contributed by atoms with van der Waals surface area (Å²) in [6.07, 6.45) is 1.47. The van der Waals surface area contributed by atoms with Gasteiger partial charge in [-0.15, -0.1) is 0 Å². The Morgan fingerprint density at radius 1 is 1.50 bits per heavy atom. The molecule has 1 rings (SSSR count). The smallest absolute Gasteiger partial charge is 0.136 e. The Balaban J connectivity index is 2.79. The molecule has 1 aromatic heterocycles. The van der Waals surface area contributed by atoms with Crippen molar-refractivity contribution in [3.63, 3.8) is 0 Å². The molecule has 1 aromatic rings. The van der Waals surface area contributed by atoms with Crippen LogP contribution in [-0.2, 0) is 4.74 Å². The Labute approximate surface area is 83.9 Å². The normalized spacial score (nSPS) is 10.2. The third-order valence-corrected chi connectivity index (χ3v) is 2.09. The molecule has 0 bridgehead atoms. The number of nitrogens with two attached hydrogens (primary N) is 1. The summed E-state index contributed by atoms with van der Waals surface area (Å²) in [5.74, 6) is 1.38. The Bertz CT molecular complexity index is 303. The monoisotopic (exact) mass is 196 g/mol. The van der Waals surface area contributed by atoms with Crippen LogP contribution in [0.5, 0.6) is 0 Å². The lowest BCUT2D eigenvalue weighted by molar-refractivity contribution is 0.206. The lowest BCUT2D eigenvalue weighted by Crippen LogP contribution is -2.24. The molecule has 0 saturated heterocycles. The van der Waals surface area contributed by atoms with E-state index in [0.717, 1.165) is 17.9 Å². The molecule has 0 spiro atoms. The summed E-state index contributed by atoms with van der Waals surface area (Å²) in [5, 5.41) is 0. The second-order valence-corrected chi connectivity index (χ2v) is 3.12. The molecule has 0 amide bonds. The van der Waals surface area contributed by atoms with Crippen molar-refractivity contribution >= 4 is 11.6 Å². The molecule has 78 valence electrons. The van der Waals surface area contributed by atoms with Gasteiger partial charge in [0.1, 0.15) is 18.0 Å². The standard InChI is InChI=1S/C9H16N4O/c1-7-8(10)11-6-12-9(7)13(2)4-5-14-3/h6H,4-5H2,1-3H3,(H2,10,11,12). The second kappa shape index (κ2) is 4.76. The van der Waals surface area contributed by atoms with E-state index in [-0.39, 0.29) is 0 Å². The predicted octanol–water partition coefficient (Wildman–Crippen LogP) is 0.450. The molecular weight excluding hydrogens is 180 g/mol. The maximum atomic E-state index is 5.68. The van der Waals surface area contributed by atoms with Crippen LogP contribution in [0.3, 0.4) is 0 Å². The number of rotatable bonds is 4. The van der Waals surface area contributed by atoms with Crippen molar-refractivity contribution < 1.29 is 4.74 Å². The average molecular weight is 196 g/mol. The first-order valence-electron chi connectivity index (χ1n) is 4.44. The van der Waals surface area contributed by atoms with Crippen molar-refractivity contribution in [2.24, 2.45) is 0 Å². The Hall–Kier alpha value is -1.36. The largest absolute Gasteiger partial charge is 0.383 e. The summed E-state index contributed by atoms with van der Waals surface area (Å²) >= 11 is 0. The van der Waals surface area contributed by atoms with Crippen molar-refractivity contribution in [3.8, 4) is 0 Å². The van der Waals surface area contributed by atoms with E-state index < -0.39 is 0 Å². The Morgan fingerprint density at radius 3 is 2.86 bits per heavy atom. The van der Waals surface area contributed by atoms with Gasteiger partial charge in [0.2, 0.25) is 0 Å². The van der Waals surface area contributed by atoms with E-state index >= 15 is 0 Å². The summed E-state index contributed by atoms with van der Waals surface area (Å²) in [5.41, 5.74) is 6.59. The van der Waals surface area contributed by atoms with Crippen LogP contribution in [0.2, 0.25) is 0 Å². The van der Waals surface area contributed by atoms with E-state index in [4.69, 9.17) is 10.5 Å². The van der Waals surface area contributed by atoms with E-state index in [1.807, 2.05) is 18.9 Å². The number of aromatic nitrogens is 2. The van der Waals surface area contributed by atoms with E-state index in [0.29, 0.717) is 12.4 Å². The Kier molecular flexibility index (Phi) is 3.64. The molecule has 0 aliphatic heterocycles. The number of nitrogen functional groups attached to an aromatic ring is 1. The summed E-state index contributed by atoms with van der Waals surface area (Å²) < 4.78 is 4.99. The average Bonchev–Trinajstić information content (AvgIpc) is 2.18. The zero-order valence-corrected chi connectivity index (χ0v) is 8.82. The number of likely N-dealkylation sites (N-methyl/N-ethyl adjacent to an activating group) is 1. The van der Waals surface area contributed by atoms with Gasteiger partial charge in [-0.3, -0.25) is 0 Å². The van der Waals surface area contributed by atoms with E-state index in [2.05, 4.69) is 9.97 Å². The molecule has 1 heterocycles. The first kappa shape index (κ1) is 10.7. The van der Waals surface area contributed by atoms with E-state index in [1.165, 1.54) is 6.33 Å². The zero-order valence-electron chi connectivity index (χ0n) is 8.82. The molecule has 5 heteroatoms. The number of hydrogen-bond acceptors (Lipinski definition) is 5. The molecule has 0 atom stereocenters. The molecule has 0 aromatic carbocycles. The number of nitrogens with zero attached hydrogens (tertiary/aromatic N) is 3. The fourth-order valence-corrected chi connectivity index (χ4v) is 1.17. The van der Waals surface area contributed by atoms with Crippen molar-refractivity contribution in [1.29, 1.82) is 0 Å². The van der Waals surface area contributed by atoms with Crippen LogP contribution in [0.25, 0.3) is 0 Å². The fraction of sp³-hybridized carbons (Fsp3) is 0.556. The van der Waals surface area contributed by atoms with Gasteiger partial charge in [0.05, 0.1) is 6.61 Å². The van der Waals surface area contributed by atoms with Crippen LogP contribution in [0.15, 0.2) is 6.33 Å². The number of ether oxygens (including phenoxy) is 1. The van der Waals surface area contributed by atoms with Crippen molar-refractivity contribution in [1.82, 2.24) is 9.97 Å². The summed E-state index contributed by atoms with van der Waals surface area (Å²) in [7, 11) is 3.63. The number of anilines is 2. The van der Waals surface area contributed by atoms with Gasteiger partial charge in [0.15, 0.2) is 0 Å². The SMILES string of the molecule is COCCN(C)c1ncnc(N)c1C. The highest BCUT2D eigenvalue weighted by molar-refractivity contribution is 5.55. The summed E-state index contributed by atoms with van der Waals surface area (Å²) in [4.78, 5) is 10.1. The molecule has 2 N–H and O–H groups in total. The lowest BCUT2D eigenvalue weighted by atomic mass is 10.3. The zero-order chi connectivity index (χ0) is 10.6. The van der Waals surface area contributed by atoms with Crippen LogP contribution in [0, 0.1) is 6.92 Å². The minimum Gasteiger partial charge on any atom is -0.383 e. The Morgan fingerprint density at radius 2 is 2.21 bits per heavy atom. The van der Waals surface area contributed by atoms with Crippen molar-refractivity contribution in [3.05, 3.63) is 11.9 Å². The minimum atomic E-state index is 0.527. The van der Waals surface area contributed by atoms with Crippen LogP contribution in [-0.4, -0.2) is 37.3 Å². The maximum Gasteiger partial charge on any atom is 0.136 e. The molecular formula is C9H16N4O. The third kappa shape index (κ3) is 2.32. The van der Waals surface area contributed by atoms with Gasteiger partial charge in [-0.2, -0.15) is 0 Å². The molecule has 0 aliphatic rings. The van der Waals surface area contributed by atoms with Gasteiger partial charge in [0, 0.05) is 26.3 Å². The molecule has 0 aliphatic carbocycles. The molecule has 0 radical (unpaired) electrons. The van der Waals surface area contributed by atoms with Crippen LogP contribution < -0.4 is 10.6 Å². The first-order chi connectivity index (χ1) is 6.66. The van der Waals surface area contributed by atoms with E-state index in [1.54, 1.807) is 7.11 Å². The van der Waals surface area contributed by atoms with Crippen molar-refractivity contribution in [2.45, 2.75) is 6.92 Å². The van der Waals surface area contributed by atoms with Gasteiger partial charge < -0.3 is 15.4 Å². The van der Waals surface area contributed by atoms with Gasteiger partial charge >= 0.3 is 0 Å². The van der Waals surface area contributed by atoms with Gasteiger partial charge in [-0.25, -0.2) is 9.97 Å². The maximum absolute atomic E-state index is 5.68. The number of methoxy groups -OCH3 is 1. The molecule has 0 fully saturated rings. The van der Waals surface area contributed by atoms with Crippen LogP contribution in [0.4, 0.5) is 11.6 Å². The first-order valence-corrected chi connectivity index (χ1v) is 4.44. The highest BCUT2D eigenvalue weighted by Gasteiger charge is 2.08. The van der Waals surface area contributed by atoms with Gasteiger partial charge in [0.25, 0.3) is 0 Å². The van der Waals surface area contributed by atoms with Crippen LogP contribution >= 0.6 is 0 Å². The fourth-order valence-electron chi connectivity index (χ4n) is 1.17. The third-order valence-electron chi connectivity index (χ3n) is 2.09.